The van der Waals surface area contributed by atoms with E-state index in [1.165, 1.54) is 23.8 Å². The van der Waals surface area contributed by atoms with Crippen LogP contribution in [0.15, 0.2) is 95.9 Å². The Morgan fingerprint density at radius 3 is 2.26 bits per heavy atom. The third-order valence-electron chi connectivity index (χ3n) is 6.81. The number of benzene rings is 4. The first-order chi connectivity index (χ1) is 20.2. The highest BCUT2D eigenvalue weighted by atomic mass is 19.1. The molecule has 1 aromatic heterocycles. The van der Waals surface area contributed by atoms with Crippen LogP contribution in [0.3, 0.4) is 0 Å². The predicted octanol–water partition coefficient (Wildman–Crippen LogP) is 6.42. The molecule has 5 rings (SSSR count). The second-order valence-corrected chi connectivity index (χ2v) is 10.1. The highest BCUT2D eigenvalue weighted by molar-refractivity contribution is 5.89. The maximum Gasteiger partial charge on any atom is 0.231 e. The molecule has 42 heavy (non-hydrogen) atoms. The van der Waals surface area contributed by atoms with E-state index < -0.39 is 22.8 Å². The Hall–Kier alpha value is -5.02. The van der Waals surface area contributed by atoms with Gasteiger partial charge in [-0.3, -0.25) is 14.5 Å². The summed E-state index contributed by atoms with van der Waals surface area (Å²) in [5.74, 6) is -1.37. The van der Waals surface area contributed by atoms with Crippen molar-refractivity contribution >= 4 is 22.5 Å². The summed E-state index contributed by atoms with van der Waals surface area (Å²) in [6.07, 6.45) is 1.19. The monoisotopic (exact) mass is 569 g/mol. The fraction of sp³-hybridized carbons (Fsp3) is 0.152. The van der Waals surface area contributed by atoms with E-state index in [4.69, 9.17) is 4.74 Å². The molecule has 0 saturated heterocycles. The van der Waals surface area contributed by atoms with Crippen LogP contribution < -0.4 is 15.5 Å². The number of fused-ring (bicyclic) bond motifs is 1. The summed E-state index contributed by atoms with van der Waals surface area (Å²) in [6.45, 7) is 2.00. The number of anilines is 1. The zero-order valence-electron chi connectivity index (χ0n) is 23.1. The minimum absolute atomic E-state index is 0.180. The van der Waals surface area contributed by atoms with Gasteiger partial charge in [0.1, 0.15) is 23.1 Å². The smallest absolute Gasteiger partial charge is 0.231 e. The summed E-state index contributed by atoms with van der Waals surface area (Å²) in [4.78, 5) is 26.8. The van der Waals surface area contributed by atoms with Crippen molar-refractivity contribution in [2.45, 2.75) is 26.6 Å². The Labute approximate surface area is 241 Å². The minimum atomic E-state index is -0.730. The van der Waals surface area contributed by atoms with Crippen LogP contribution in [0.2, 0.25) is 0 Å². The minimum Gasteiger partial charge on any atom is -0.503 e. The van der Waals surface area contributed by atoms with Gasteiger partial charge < -0.3 is 19.7 Å². The van der Waals surface area contributed by atoms with Crippen molar-refractivity contribution in [3.8, 4) is 17.2 Å². The number of rotatable bonds is 9. The average Bonchev–Trinajstić information content (AvgIpc) is 2.95. The van der Waals surface area contributed by atoms with Crippen LogP contribution in [-0.2, 0) is 24.4 Å². The van der Waals surface area contributed by atoms with E-state index in [0.717, 1.165) is 17.7 Å². The van der Waals surface area contributed by atoms with Crippen LogP contribution in [0.1, 0.15) is 23.6 Å². The van der Waals surface area contributed by atoms with Crippen LogP contribution >= 0.6 is 0 Å². The van der Waals surface area contributed by atoms with Gasteiger partial charge in [0, 0.05) is 36.8 Å². The lowest BCUT2D eigenvalue weighted by molar-refractivity contribution is -0.114. The normalized spacial score (nSPS) is 11.2. The molecule has 0 bridgehead atoms. The van der Waals surface area contributed by atoms with Gasteiger partial charge >= 0.3 is 0 Å². The molecular formula is C33H29F2N3O4. The Morgan fingerprint density at radius 2 is 1.60 bits per heavy atom. The van der Waals surface area contributed by atoms with Gasteiger partial charge in [-0.25, -0.2) is 8.78 Å². The number of ether oxygens (including phenoxy) is 1. The molecule has 0 aliphatic carbocycles. The van der Waals surface area contributed by atoms with Crippen molar-refractivity contribution in [3.63, 3.8) is 0 Å². The Bertz CT molecular complexity index is 1790. The molecule has 0 saturated carbocycles. The topological polar surface area (TPSA) is 83.8 Å². The molecule has 1 heterocycles. The summed E-state index contributed by atoms with van der Waals surface area (Å²) in [6, 6.07) is 23.5. The molecule has 0 radical (unpaired) electrons. The first-order valence-corrected chi connectivity index (χ1v) is 13.3. The van der Waals surface area contributed by atoms with E-state index in [-0.39, 0.29) is 29.9 Å². The van der Waals surface area contributed by atoms with E-state index in [1.54, 1.807) is 36.4 Å². The lowest BCUT2D eigenvalue weighted by atomic mass is 10.0. The highest BCUT2D eigenvalue weighted by Gasteiger charge is 2.20. The van der Waals surface area contributed by atoms with E-state index in [9.17, 15) is 23.5 Å². The number of halogens is 2. The first kappa shape index (κ1) is 28.5. The van der Waals surface area contributed by atoms with Gasteiger partial charge in [0.25, 0.3) is 0 Å². The molecule has 7 nitrogen and oxygen atoms in total. The molecule has 214 valence electrons. The number of pyridine rings is 1. The van der Waals surface area contributed by atoms with Crippen molar-refractivity contribution in [1.82, 2.24) is 9.47 Å². The maximum atomic E-state index is 14.6. The van der Waals surface area contributed by atoms with Crippen LogP contribution in [0.25, 0.3) is 10.9 Å². The van der Waals surface area contributed by atoms with Crippen molar-refractivity contribution in [3.05, 3.63) is 130 Å². The number of hydrogen-bond acceptors (Lipinski definition) is 5. The van der Waals surface area contributed by atoms with E-state index >= 15 is 0 Å². The van der Waals surface area contributed by atoms with Gasteiger partial charge in [-0.1, -0.05) is 36.4 Å². The number of aromatic hydroxyl groups is 1. The number of aromatic nitrogens is 1. The molecule has 0 spiro atoms. The number of nitrogens with one attached hydrogen (secondary N) is 1. The molecule has 1 amide bonds. The number of nitrogens with zero attached hydrogens (tertiary/aromatic N) is 2. The number of amides is 1. The molecule has 0 fully saturated rings. The molecule has 4 aromatic carbocycles. The summed E-state index contributed by atoms with van der Waals surface area (Å²) >= 11 is 0. The average molecular weight is 570 g/mol. The third kappa shape index (κ3) is 6.31. The first-order valence-electron chi connectivity index (χ1n) is 13.3. The van der Waals surface area contributed by atoms with E-state index in [2.05, 4.69) is 5.32 Å². The SMILES string of the molecule is CC(=O)Nc1ccc(Oc2ccc3c(c2CN(C)Cc2ccccc2)c(=O)c(O)cn3Cc2c(F)cccc2F)cc1. The van der Waals surface area contributed by atoms with Crippen molar-refractivity contribution in [2.24, 2.45) is 0 Å². The second-order valence-electron chi connectivity index (χ2n) is 10.1. The van der Waals surface area contributed by atoms with Gasteiger partial charge in [-0.15, -0.1) is 0 Å². The van der Waals surface area contributed by atoms with Crippen molar-refractivity contribution < 1.29 is 23.4 Å². The number of carbonyl (C=O) groups is 1. The lowest BCUT2D eigenvalue weighted by Crippen LogP contribution is -2.20. The number of carbonyl (C=O) groups excluding carboxylic acids is 1. The van der Waals surface area contributed by atoms with E-state index in [1.807, 2.05) is 42.3 Å². The predicted molar refractivity (Wildman–Crippen MR) is 158 cm³/mol. The van der Waals surface area contributed by atoms with Crippen molar-refractivity contribution in [2.75, 3.05) is 12.4 Å². The zero-order chi connectivity index (χ0) is 29.8. The van der Waals surface area contributed by atoms with Gasteiger partial charge in [0.05, 0.1) is 23.6 Å². The fourth-order valence-electron chi connectivity index (χ4n) is 4.91. The van der Waals surface area contributed by atoms with Gasteiger partial charge in [0.15, 0.2) is 5.75 Å². The fourth-order valence-corrected chi connectivity index (χ4v) is 4.91. The Morgan fingerprint density at radius 1 is 0.905 bits per heavy atom. The van der Waals surface area contributed by atoms with Crippen LogP contribution in [0, 0.1) is 11.6 Å². The molecule has 2 N–H and O–H groups in total. The molecule has 0 aliphatic rings. The van der Waals surface area contributed by atoms with Gasteiger partial charge in [0.2, 0.25) is 11.3 Å². The zero-order valence-corrected chi connectivity index (χ0v) is 23.1. The Balaban J connectivity index is 1.61. The van der Waals surface area contributed by atoms with Gasteiger partial charge in [-0.05, 0) is 61.1 Å². The van der Waals surface area contributed by atoms with Crippen LogP contribution in [0.5, 0.6) is 17.2 Å². The highest BCUT2D eigenvalue weighted by Crippen LogP contribution is 2.33. The summed E-state index contributed by atoms with van der Waals surface area (Å²) in [5.41, 5.74) is 1.74. The quantitative estimate of drug-likeness (QED) is 0.214. The molecule has 0 aliphatic heterocycles. The molecule has 0 unspecified atom stereocenters. The second kappa shape index (κ2) is 12.2. The molecule has 0 atom stereocenters. The number of hydrogen-bond donors (Lipinski definition) is 2. The summed E-state index contributed by atoms with van der Waals surface area (Å²) in [5, 5.41) is 13.6. The van der Waals surface area contributed by atoms with Gasteiger partial charge in [-0.2, -0.15) is 0 Å². The third-order valence-corrected chi connectivity index (χ3v) is 6.81. The summed E-state index contributed by atoms with van der Waals surface area (Å²) in [7, 11) is 1.90. The largest absolute Gasteiger partial charge is 0.503 e. The maximum absolute atomic E-state index is 14.6. The standard InChI is InChI=1S/C33H29F2N3O4/c1-21(39)36-23-11-13-24(14-12-23)42-31-16-15-29-32(26(31)18-37(2)17-22-7-4-3-5-8-22)33(41)30(40)20-38(29)19-25-27(34)9-6-10-28(25)35/h3-16,20,40H,17-19H2,1-2H3,(H,36,39). The van der Waals surface area contributed by atoms with Crippen LogP contribution in [-0.4, -0.2) is 27.5 Å². The lowest BCUT2D eigenvalue weighted by Gasteiger charge is -2.22. The molecule has 9 heteroatoms. The molecular weight excluding hydrogens is 540 g/mol. The van der Waals surface area contributed by atoms with Crippen molar-refractivity contribution in [1.29, 1.82) is 0 Å². The summed E-state index contributed by atoms with van der Waals surface area (Å²) < 4.78 is 36.8. The van der Waals surface area contributed by atoms with Crippen LogP contribution in [0.4, 0.5) is 14.5 Å². The Kier molecular flexibility index (Phi) is 8.31. The molecule has 5 aromatic rings. The van der Waals surface area contributed by atoms with E-state index in [0.29, 0.717) is 34.8 Å².